The molecule has 1 saturated carbocycles. The molecule has 2 aromatic carbocycles. The van der Waals surface area contributed by atoms with Crippen LogP contribution in [-0.2, 0) is 0 Å². The summed E-state index contributed by atoms with van der Waals surface area (Å²) in [5.74, 6) is 1.17. The average molecular weight is 272 g/mol. The Morgan fingerprint density at radius 1 is 1.16 bits per heavy atom. The van der Waals surface area contributed by atoms with E-state index in [1.165, 1.54) is 23.1 Å². The van der Waals surface area contributed by atoms with Crippen LogP contribution in [0.4, 0.5) is 0 Å². The predicted molar refractivity (Wildman–Crippen MR) is 80.4 cm³/mol. The number of hydrogen-bond donors (Lipinski definition) is 1. The van der Waals surface area contributed by atoms with Crippen LogP contribution in [0.5, 0.6) is 0 Å². The van der Waals surface area contributed by atoms with Gasteiger partial charge in [-0.05, 0) is 54.0 Å². The Hall–Kier alpha value is -1.31. The van der Waals surface area contributed by atoms with Crippen LogP contribution in [0.25, 0.3) is 0 Å². The molecule has 1 aliphatic carbocycles. The van der Waals surface area contributed by atoms with Crippen molar-refractivity contribution in [2.24, 2.45) is 11.7 Å². The molecule has 0 heterocycles. The summed E-state index contributed by atoms with van der Waals surface area (Å²) in [7, 11) is 0. The Balaban J connectivity index is 1.78. The van der Waals surface area contributed by atoms with Crippen LogP contribution in [0, 0.1) is 12.8 Å². The van der Waals surface area contributed by atoms with Crippen molar-refractivity contribution < 1.29 is 0 Å². The summed E-state index contributed by atoms with van der Waals surface area (Å²) in [6.45, 7) is 2.08. The number of rotatable bonds is 3. The van der Waals surface area contributed by atoms with E-state index in [1.54, 1.807) is 0 Å². The summed E-state index contributed by atoms with van der Waals surface area (Å²) in [6, 6.07) is 16.8. The van der Waals surface area contributed by atoms with Crippen molar-refractivity contribution in [3.63, 3.8) is 0 Å². The fourth-order valence-corrected chi connectivity index (χ4v) is 3.17. The van der Waals surface area contributed by atoms with E-state index in [-0.39, 0.29) is 6.04 Å². The molecule has 2 heteroatoms. The van der Waals surface area contributed by atoms with E-state index in [2.05, 4.69) is 43.3 Å². The summed E-state index contributed by atoms with van der Waals surface area (Å²) in [4.78, 5) is 0. The fourth-order valence-electron chi connectivity index (χ4n) is 2.94. The van der Waals surface area contributed by atoms with Crippen LogP contribution in [0.1, 0.15) is 35.1 Å². The molecular formula is C17H18ClN. The summed E-state index contributed by atoms with van der Waals surface area (Å²) < 4.78 is 0. The lowest BCUT2D eigenvalue weighted by Gasteiger charge is -2.15. The van der Waals surface area contributed by atoms with E-state index < -0.39 is 0 Å². The maximum absolute atomic E-state index is 6.44. The van der Waals surface area contributed by atoms with Crippen LogP contribution in [-0.4, -0.2) is 0 Å². The lowest BCUT2D eigenvalue weighted by atomic mass is 9.96. The number of hydrogen-bond acceptors (Lipinski definition) is 1. The van der Waals surface area contributed by atoms with Gasteiger partial charge in [0.1, 0.15) is 0 Å². The summed E-state index contributed by atoms with van der Waals surface area (Å²) in [6.07, 6.45) is 1.19. The van der Waals surface area contributed by atoms with Gasteiger partial charge >= 0.3 is 0 Å². The molecule has 0 radical (unpaired) electrons. The minimum atomic E-state index is 0.113. The average Bonchev–Trinajstić information content (AvgIpc) is 3.19. The molecule has 2 N–H and O–H groups in total. The third kappa shape index (κ3) is 2.54. The largest absolute Gasteiger partial charge is 0.324 e. The first kappa shape index (κ1) is 12.7. The van der Waals surface area contributed by atoms with Gasteiger partial charge in [0.2, 0.25) is 0 Å². The Morgan fingerprint density at radius 3 is 2.58 bits per heavy atom. The molecule has 0 aromatic heterocycles. The van der Waals surface area contributed by atoms with E-state index in [4.69, 9.17) is 17.3 Å². The second kappa shape index (κ2) is 4.99. The molecular weight excluding hydrogens is 254 g/mol. The molecule has 19 heavy (non-hydrogen) atoms. The predicted octanol–water partition coefficient (Wildman–Crippen LogP) is 4.45. The van der Waals surface area contributed by atoms with Crippen molar-refractivity contribution >= 4 is 11.6 Å². The van der Waals surface area contributed by atoms with Crippen LogP contribution in [0.2, 0.25) is 5.02 Å². The molecule has 98 valence electrons. The Morgan fingerprint density at radius 2 is 1.89 bits per heavy atom. The van der Waals surface area contributed by atoms with Gasteiger partial charge in [-0.2, -0.15) is 0 Å². The van der Waals surface area contributed by atoms with Crippen LogP contribution >= 0.6 is 11.6 Å². The van der Waals surface area contributed by atoms with Gasteiger partial charge in [-0.25, -0.2) is 0 Å². The number of nitrogens with two attached hydrogens (primary N) is 1. The molecule has 0 bridgehead atoms. The van der Waals surface area contributed by atoms with Gasteiger partial charge in [0, 0.05) is 11.1 Å². The van der Waals surface area contributed by atoms with Gasteiger partial charge in [0.25, 0.3) is 0 Å². The SMILES string of the molecule is Cc1cc(Cl)ccc1C(N)C1CC1c1ccccc1. The maximum atomic E-state index is 6.44. The first-order chi connectivity index (χ1) is 9.16. The maximum Gasteiger partial charge on any atom is 0.0408 e. The lowest BCUT2D eigenvalue weighted by molar-refractivity contribution is 0.612. The van der Waals surface area contributed by atoms with Crippen LogP contribution in [0.15, 0.2) is 48.5 Å². The van der Waals surface area contributed by atoms with E-state index in [9.17, 15) is 0 Å². The molecule has 1 aliphatic rings. The highest BCUT2D eigenvalue weighted by Gasteiger charge is 2.43. The van der Waals surface area contributed by atoms with Gasteiger partial charge in [-0.15, -0.1) is 0 Å². The second-order valence-electron chi connectivity index (χ2n) is 5.44. The number of aryl methyl sites for hydroxylation is 1. The van der Waals surface area contributed by atoms with Crippen LogP contribution < -0.4 is 5.73 Å². The molecule has 0 saturated heterocycles. The van der Waals surface area contributed by atoms with E-state index in [1.807, 2.05) is 12.1 Å². The van der Waals surface area contributed by atoms with Crippen molar-refractivity contribution in [2.45, 2.75) is 25.3 Å². The Labute approximate surface area is 119 Å². The highest BCUT2D eigenvalue weighted by atomic mass is 35.5. The summed E-state index contributed by atoms with van der Waals surface area (Å²) >= 11 is 6.00. The van der Waals surface area contributed by atoms with Crippen molar-refractivity contribution in [2.75, 3.05) is 0 Å². The summed E-state index contributed by atoms with van der Waals surface area (Å²) in [5.41, 5.74) is 10.3. The normalized spacial score (nSPS) is 23.1. The topological polar surface area (TPSA) is 26.0 Å². The van der Waals surface area contributed by atoms with E-state index >= 15 is 0 Å². The van der Waals surface area contributed by atoms with E-state index in [0.717, 1.165) is 5.02 Å². The Bertz CT molecular complexity index is 579. The molecule has 0 amide bonds. The molecule has 3 unspecified atom stereocenters. The molecule has 0 aliphatic heterocycles. The van der Waals surface area contributed by atoms with Gasteiger partial charge in [-0.1, -0.05) is 48.0 Å². The van der Waals surface area contributed by atoms with Gasteiger partial charge < -0.3 is 5.73 Å². The lowest BCUT2D eigenvalue weighted by Crippen LogP contribution is -2.14. The zero-order chi connectivity index (χ0) is 13.4. The number of halogens is 1. The zero-order valence-electron chi connectivity index (χ0n) is 11.0. The highest BCUT2D eigenvalue weighted by Crippen LogP contribution is 2.53. The summed E-state index contributed by atoms with van der Waals surface area (Å²) in [5, 5.41) is 0.781. The molecule has 3 atom stereocenters. The van der Waals surface area contributed by atoms with Crippen LogP contribution in [0.3, 0.4) is 0 Å². The molecule has 3 rings (SSSR count). The zero-order valence-corrected chi connectivity index (χ0v) is 11.8. The monoisotopic (exact) mass is 271 g/mol. The van der Waals surface area contributed by atoms with Gasteiger partial charge in [-0.3, -0.25) is 0 Å². The highest BCUT2D eigenvalue weighted by molar-refractivity contribution is 6.30. The molecule has 0 spiro atoms. The fraction of sp³-hybridized carbons (Fsp3) is 0.294. The number of benzene rings is 2. The third-order valence-electron chi connectivity index (χ3n) is 4.12. The van der Waals surface area contributed by atoms with Crippen molar-refractivity contribution in [1.82, 2.24) is 0 Å². The van der Waals surface area contributed by atoms with Crippen molar-refractivity contribution in [1.29, 1.82) is 0 Å². The second-order valence-corrected chi connectivity index (χ2v) is 5.88. The molecule has 1 fully saturated rings. The Kier molecular flexibility index (Phi) is 3.34. The third-order valence-corrected chi connectivity index (χ3v) is 4.35. The van der Waals surface area contributed by atoms with E-state index in [0.29, 0.717) is 11.8 Å². The minimum Gasteiger partial charge on any atom is -0.324 e. The molecule has 1 nitrogen and oxygen atoms in total. The minimum absolute atomic E-state index is 0.113. The van der Waals surface area contributed by atoms with Crippen molar-refractivity contribution in [3.8, 4) is 0 Å². The first-order valence-electron chi connectivity index (χ1n) is 6.73. The van der Waals surface area contributed by atoms with Gasteiger partial charge in [0.15, 0.2) is 0 Å². The molecule has 2 aromatic rings. The standard InChI is InChI=1S/C17H18ClN/c1-11-9-13(18)7-8-14(11)17(19)16-10-15(16)12-5-3-2-4-6-12/h2-9,15-17H,10,19H2,1H3. The first-order valence-corrected chi connectivity index (χ1v) is 7.11. The quantitative estimate of drug-likeness (QED) is 0.877. The van der Waals surface area contributed by atoms with Crippen molar-refractivity contribution in [3.05, 3.63) is 70.2 Å². The van der Waals surface area contributed by atoms with Gasteiger partial charge in [0.05, 0.1) is 0 Å². The smallest absolute Gasteiger partial charge is 0.0408 e.